The molecule has 0 saturated heterocycles. The number of nitrogens with zero attached hydrogens (tertiary/aromatic N) is 3. The molecule has 0 radical (unpaired) electrons. The van der Waals surface area contributed by atoms with Crippen LogP contribution >= 0.6 is 0 Å². The number of pyridine rings is 1. The van der Waals surface area contributed by atoms with E-state index in [4.69, 9.17) is 0 Å². The van der Waals surface area contributed by atoms with Crippen LogP contribution in [0, 0.1) is 5.82 Å². The van der Waals surface area contributed by atoms with Crippen molar-refractivity contribution >= 4 is 17.5 Å². The van der Waals surface area contributed by atoms with Gasteiger partial charge < -0.3 is 0 Å². The van der Waals surface area contributed by atoms with Crippen molar-refractivity contribution in [3.8, 4) is 0 Å². The molecule has 2 aromatic heterocycles. The van der Waals surface area contributed by atoms with E-state index >= 15 is 0 Å². The largest absolute Gasteiger partial charge is 0.294 e. The Morgan fingerprint density at radius 1 is 1.15 bits per heavy atom. The van der Waals surface area contributed by atoms with Gasteiger partial charge in [0.15, 0.2) is 5.65 Å². The second kappa shape index (κ2) is 5.08. The number of benzene rings is 1. The molecule has 0 unspecified atom stereocenters. The van der Waals surface area contributed by atoms with E-state index in [1.807, 2.05) is 12.1 Å². The van der Waals surface area contributed by atoms with Gasteiger partial charge >= 0.3 is 0 Å². The number of anilines is 1. The van der Waals surface area contributed by atoms with Crippen molar-refractivity contribution in [1.82, 2.24) is 14.6 Å². The maximum Gasteiger partial charge on any atom is 0.235 e. The number of fused-ring (bicyclic) bond motifs is 1. The summed E-state index contributed by atoms with van der Waals surface area (Å²) in [5.74, 6) is -0.413. The van der Waals surface area contributed by atoms with Crippen molar-refractivity contribution in [1.29, 1.82) is 0 Å². The first-order valence-corrected chi connectivity index (χ1v) is 6.07. The second-order valence-corrected chi connectivity index (χ2v) is 4.27. The monoisotopic (exact) mass is 270 g/mol. The average molecular weight is 270 g/mol. The van der Waals surface area contributed by atoms with Crippen LogP contribution in [-0.2, 0) is 11.2 Å². The van der Waals surface area contributed by atoms with E-state index in [2.05, 4.69) is 15.5 Å². The molecule has 6 heteroatoms. The Morgan fingerprint density at radius 3 is 2.80 bits per heavy atom. The number of hydrogen-bond acceptors (Lipinski definition) is 3. The first-order valence-electron chi connectivity index (χ1n) is 6.07. The highest BCUT2D eigenvalue weighted by molar-refractivity contribution is 5.91. The highest BCUT2D eigenvalue weighted by atomic mass is 19.1. The van der Waals surface area contributed by atoms with Gasteiger partial charge in [-0.2, -0.15) is 0 Å². The van der Waals surface area contributed by atoms with Crippen molar-refractivity contribution in [3.05, 3.63) is 60.0 Å². The predicted molar refractivity (Wildman–Crippen MR) is 71.7 cm³/mol. The summed E-state index contributed by atoms with van der Waals surface area (Å²) in [6.07, 6.45) is 1.70. The van der Waals surface area contributed by atoms with Gasteiger partial charge in [-0.3, -0.25) is 14.5 Å². The topological polar surface area (TPSA) is 59.3 Å². The van der Waals surface area contributed by atoms with E-state index in [1.54, 1.807) is 34.9 Å². The molecule has 0 atom stereocenters. The summed E-state index contributed by atoms with van der Waals surface area (Å²) in [7, 11) is 0. The molecule has 2 heterocycles. The van der Waals surface area contributed by atoms with Gasteiger partial charge in [0.1, 0.15) is 5.82 Å². The first-order chi connectivity index (χ1) is 9.74. The molecule has 0 aliphatic heterocycles. The first kappa shape index (κ1) is 12.3. The Kier molecular flexibility index (Phi) is 3.12. The lowest BCUT2D eigenvalue weighted by Crippen LogP contribution is -2.17. The van der Waals surface area contributed by atoms with Crippen LogP contribution < -0.4 is 5.32 Å². The van der Waals surface area contributed by atoms with Crippen molar-refractivity contribution in [3.63, 3.8) is 0 Å². The fourth-order valence-corrected chi connectivity index (χ4v) is 1.91. The van der Waals surface area contributed by atoms with Gasteiger partial charge in [-0.1, -0.05) is 24.3 Å². The predicted octanol–water partition coefficient (Wildman–Crippen LogP) is 2.05. The molecular weight excluding hydrogens is 259 g/mol. The van der Waals surface area contributed by atoms with Gasteiger partial charge in [-0.05, 0) is 23.8 Å². The molecular formula is C14H11FN4O. The summed E-state index contributed by atoms with van der Waals surface area (Å²) < 4.78 is 15.1. The third-order valence-electron chi connectivity index (χ3n) is 2.87. The molecule has 3 rings (SSSR count). The van der Waals surface area contributed by atoms with Crippen molar-refractivity contribution in [2.24, 2.45) is 0 Å². The van der Waals surface area contributed by atoms with Gasteiger partial charge in [0.25, 0.3) is 0 Å². The van der Waals surface area contributed by atoms with Crippen LogP contribution in [0.25, 0.3) is 5.65 Å². The maximum atomic E-state index is 13.5. The number of carbonyl (C=O) groups is 1. The molecule has 100 valence electrons. The lowest BCUT2D eigenvalue weighted by molar-refractivity contribution is -0.115. The molecule has 0 bridgehead atoms. The minimum atomic E-state index is -0.395. The van der Waals surface area contributed by atoms with E-state index in [0.29, 0.717) is 17.2 Å². The summed E-state index contributed by atoms with van der Waals surface area (Å²) in [4.78, 5) is 11.9. The fraction of sp³-hybridized carbons (Fsp3) is 0.0714. The molecule has 0 aliphatic carbocycles. The number of carbonyl (C=O) groups excluding carboxylic acids is 1. The molecule has 0 saturated carbocycles. The number of aromatic nitrogens is 3. The molecule has 0 aliphatic rings. The van der Waals surface area contributed by atoms with Crippen LogP contribution in [0.2, 0.25) is 0 Å². The number of nitrogens with one attached hydrogen (secondary N) is 1. The molecule has 1 amide bonds. The van der Waals surface area contributed by atoms with Crippen LogP contribution in [0.4, 0.5) is 10.3 Å². The van der Waals surface area contributed by atoms with Crippen LogP contribution in [0.3, 0.4) is 0 Å². The number of amides is 1. The van der Waals surface area contributed by atoms with Crippen LogP contribution in [0.15, 0.2) is 48.7 Å². The zero-order valence-electron chi connectivity index (χ0n) is 10.5. The summed E-state index contributed by atoms with van der Waals surface area (Å²) in [5, 5.41) is 10.4. The van der Waals surface area contributed by atoms with E-state index < -0.39 is 5.82 Å². The molecule has 0 fully saturated rings. The van der Waals surface area contributed by atoms with Gasteiger partial charge in [-0.15, -0.1) is 10.2 Å². The van der Waals surface area contributed by atoms with Crippen LogP contribution in [0.5, 0.6) is 0 Å². The fourth-order valence-electron chi connectivity index (χ4n) is 1.91. The summed E-state index contributed by atoms with van der Waals surface area (Å²) in [6.45, 7) is 0. The highest BCUT2D eigenvalue weighted by Crippen LogP contribution is 2.10. The van der Waals surface area contributed by atoms with Gasteiger partial charge in [0, 0.05) is 6.20 Å². The molecule has 5 nitrogen and oxygen atoms in total. The number of halogens is 1. The Balaban J connectivity index is 1.78. The quantitative estimate of drug-likeness (QED) is 0.792. The highest BCUT2D eigenvalue weighted by Gasteiger charge is 2.11. The third kappa shape index (κ3) is 2.35. The SMILES string of the molecule is O=C(Cc1ccccc1F)Nc1nnc2ccccn12. The average Bonchev–Trinajstić information content (AvgIpc) is 2.85. The van der Waals surface area contributed by atoms with Gasteiger partial charge in [0.2, 0.25) is 11.9 Å². The van der Waals surface area contributed by atoms with E-state index in [-0.39, 0.29) is 12.3 Å². The minimum Gasteiger partial charge on any atom is -0.294 e. The summed E-state index contributed by atoms with van der Waals surface area (Å²) in [5.41, 5.74) is 0.979. The van der Waals surface area contributed by atoms with Gasteiger partial charge in [-0.25, -0.2) is 4.39 Å². The van der Waals surface area contributed by atoms with Crippen LogP contribution in [-0.4, -0.2) is 20.5 Å². The molecule has 0 spiro atoms. The van der Waals surface area contributed by atoms with E-state index in [0.717, 1.165) is 0 Å². The Bertz CT molecular complexity index is 768. The van der Waals surface area contributed by atoms with E-state index in [1.165, 1.54) is 6.07 Å². The molecule has 20 heavy (non-hydrogen) atoms. The summed E-state index contributed by atoms with van der Waals surface area (Å²) >= 11 is 0. The Labute approximate surface area is 114 Å². The maximum absolute atomic E-state index is 13.5. The zero-order valence-corrected chi connectivity index (χ0v) is 10.5. The molecule has 1 N–H and O–H groups in total. The lowest BCUT2D eigenvalue weighted by atomic mass is 10.1. The Morgan fingerprint density at radius 2 is 1.95 bits per heavy atom. The molecule has 1 aromatic carbocycles. The van der Waals surface area contributed by atoms with Crippen molar-refractivity contribution in [2.45, 2.75) is 6.42 Å². The standard InChI is InChI=1S/C14H11FN4O/c15-11-6-2-1-5-10(11)9-13(20)16-14-18-17-12-7-3-4-8-19(12)14/h1-8H,9H2,(H,16,18,20). The van der Waals surface area contributed by atoms with Gasteiger partial charge in [0.05, 0.1) is 6.42 Å². The third-order valence-corrected chi connectivity index (χ3v) is 2.87. The summed E-state index contributed by atoms with van der Waals surface area (Å²) in [6, 6.07) is 11.6. The minimum absolute atomic E-state index is 0.0472. The lowest BCUT2D eigenvalue weighted by Gasteiger charge is -2.04. The normalized spacial score (nSPS) is 10.7. The zero-order chi connectivity index (χ0) is 13.9. The van der Waals surface area contributed by atoms with E-state index in [9.17, 15) is 9.18 Å². The Hall–Kier alpha value is -2.76. The van der Waals surface area contributed by atoms with Crippen molar-refractivity contribution < 1.29 is 9.18 Å². The second-order valence-electron chi connectivity index (χ2n) is 4.27. The number of rotatable bonds is 3. The number of hydrogen-bond donors (Lipinski definition) is 1. The van der Waals surface area contributed by atoms with Crippen molar-refractivity contribution in [2.75, 3.05) is 5.32 Å². The van der Waals surface area contributed by atoms with Crippen LogP contribution in [0.1, 0.15) is 5.56 Å². The smallest absolute Gasteiger partial charge is 0.235 e. The molecule has 3 aromatic rings.